The average Bonchev–Trinajstić information content (AvgIpc) is 2.69. The molecule has 0 radical (unpaired) electrons. The van der Waals surface area contributed by atoms with Crippen LogP contribution in [-0.4, -0.2) is 64.6 Å². The summed E-state index contributed by atoms with van der Waals surface area (Å²) in [4.78, 5) is 42.6. The van der Waals surface area contributed by atoms with Gasteiger partial charge in [-0.15, -0.1) is 0 Å². The zero-order valence-corrected chi connectivity index (χ0v) is 16.6. The Balaban J connectivity index is 1.62. The Labute approximate surface area is 165 Å². The van der Waals surface area contributed by atoms with Crippen molar-refractivity contribution in [3.8, 4) is 0 Å². The van der Waals surface area contributed by atoms with Gasteiger partial charge in [0.1, 0.15) is 24.9 Å². The molecule has 0 unspecified atom stereocenters. The molecule has 1 atom stereocenters. The van der Waals surface area contributed by atoms with Gasteiger partial charge in [0, 0.05) is 19.6 Å². The summed E-state index contributed by atoms with van der Waals surface area (Å²) in [7, 11) is 1.79. The highest BCUT2D eigenvalue weighted by atomic mass is 19.1. The van der Waals surface area contributed by atoms with Crippen LogP contribution >= 0.6 is 0 Å². The molecule has 3 amide bonds. The van der Waals surface area contributed by atoms with Crippen LogP contribution in [0.4, 0.5) is 4.39 Å². The van der Waals surface area contributed by atoms with Crippen molar-refractivity contribution in [3.05, 3.63) is 35.6 Å². The van der Waals surface area contributed by atoms with E-state index >= 15 is 0 Å². The quantitative estimate of drug-likeness (QED) is 0.776. The molecule has 1 aliphatic carbocycles. The van der Waals surface area contributed by atoms with Gasteiger partial charge in [0.15, 0.2) is 0 Å². The normalized spacial score (nSPS) is 21.2. The number of halogens is 1. The monoisotopic (exact) mass is 389 g/mol. The molecular formula is C21H28FN3O3. The van der Waals surface area contributed by atoms with Gasteiger partial charge in [-0.3, -0.25) is 14.4 Å². The highest BCUT2D eigenvalue weighted by molar-refractivity contribution is 5.96. The number of hydrogen-bond donors (Lipinski definition) is 0. The highest BCUT2D eigenvalue weighted by Crippen LogP contribution is 2.22. The molecule has 0 spiro atoms. The van der Waals surface area contributed by atoms with Crippen LogP contribution in [0.15, 0.2) is 24.3 Å². The first-order valence-electron chi connectivity index (χ1n) is 9.95. The van der Waals surface area contributed by atoms with E-state index in [1.54, 1.807) is 31.0 Å². The first-order valence-corrected chi connectivity index (χ1v) is 9.95. The van der Waals surface area contributed by atoms with E-state index in [9.17, 15) is 18.8 Å². The minimum atomic E-state index is -0.710. The summed E-state index contributed by atoms with van der Waals surface area (Å²) in [6.45, 7) is 1.65. The summed E-state index contributed by atoms with van der Waals surface area (Å²) >= 11 is 0. The molecule has 0 aromatic heterocycles. The first-order chi connectivity index (χ1) is 13.4. The van der Waals surface area contributed by atoms with Gasteiger partial charge in [-0.1, -0.05) is 31.4 Å². The van der Waals surface area contributed by atoms with Crippen molar-refractivity contribution in [2.24, 2.45) is 0 Å². The smallest absolute Gasteiger partial charge is 0.245 e. The topological polar surface area (TPSA) is 60.9 Å². The summed E-state index contributed by atoms with van der Waals surface area (Å²) < 4.78 is 13.4. The molecular weight excluding hydrogens is 361 g/mol. The minimum absolute atomic E-state index is 0.0768. The predicted octanol–water partition coefficient (Wildman–Crippen LogP) is 2.18. The lowest BCUT2D eigenvalue weighted by molar-refractivity contribution is -0.158. The third-order valence-electron chi connectivity index (χ3n) is 5.87. The number of hydrogen-bond acceptors (Lipinski definition) is 3. The summed E-state index contributed by atoms with van der Waals surface area (Å²) in [5, 5.41) is 0. The molecule has 1 saturated carbocycles. The molecule has 1 heterocycles. The third-order valence-corrected chi connectivity index (χ3v) is 5.87. The Morgan fingerprint density at radius 2 is 1.93 bits per heavy atom. The van der Waals surface area contributed by atoms with Crippen molar-refractivity contribution in [2.75, 3.05) is 20.1 Å². The minimum Gasteiger partial charge on any atom is -0.341 e. The van der Waals surface area contributed by atoms with Crippen molar-refractivity contribution in [1.29, 1.82) is 0 Å². The van der Waals surface area contributed by atoms with Crippen LogP contribution in [0.25, 0.3) is 0 Å². The summed E-state index contributed by atoms with van der Waals surface area (Å²) in [6, 6.07) is 5.51. The van der Waals surface area contributed by atoms with Crippen molar-refractivity contribution in [3.63, 3.8) is 0 Å². The molecule has 1 aliphatic heterocycles. The largest absolute Gasteiger partial charge is 0.341 e. The second-order valence-electron chi connectivity index (χ2n) is 7.82. The number of carbonyl (C=O) groups excluding carboxylic acids is 3. The average molecular weight is 389 g/mol. The molecule has 1 aromatic carbocycles. The van der Waals surface area contributed by atoms with Crippen LogP contribution in [-0.2, 0) is 20.9 Å². The van der Waals surface area contributed by atoms with E-state index in [-0.39, 0.29) is 49.2 Å². The molecule has 1 saturated heterocycles. The molecule has 2 aliphatic rings. The van der Waals surface area contributed by atoms with Gasteiger partial charge in [0.25, 0.3) is 0 Å². The van der Waals surface area contributed by atoms with Gasteiger partial charge < -0.3 is 14.7 Å². The zero-order valence-electron chi connectivity index (χ0n) is 16.6. The molecule has 0 bridgehead atoms. The van der Waals surface area contributed by atoms with E-state index in [0.29, 0.717) is 5.56 Å². The van der Waals surface area contributed by atoms with E-state index in [2.05, 4.69) is 0 Å². The number of amides is 3. The number of rotatable bonds is 5. The van der Waals surface area contributed by atoms with Gasteiger partial charge in [-0.25, -0.2) is 4.39 Å². The van der Waals surface area contributed by atoms with E-state index in [1.165, 1.54) is 28.4 Å². The fraction of sp³-hybridized carbons (Fsp3) is 0.571. The van der Waals surface area contributed by atoms with Crippen molar-refractivity contribution >= 4 is 17.7 Å². The van der Waals surface area contributed by atoms with Crippen molar-refractivity contribution < 1.29 is 18.8 Å². The molecule has 1 aromatic rings. The van der Waals surface area contributed by atoms with E-state index in [1.807, 2.05) is 0 Å². The van der Waals surface area contributed by atoms with Crippen LogP contribution in [0, 0.1) is 5.82 Å². The van der Waals surface area contributed by atoms with Gasteiger partial charge in [-0.05, 0) is 37.5 Å². The number of nitrogens with zero attached hydrogens (tertiary/aromatic N) is 3. The number of likely N-dealkylation sites (N-methyl/N-ethyl adjacent to an activating group) is 1. The number of carbonyl (C=O) groups is 3. The molecule has 3 rings (SSSR count). The van der Waals surface area contributed by atoms with Crippen molar-refractivity contribution in [1.82, 2.24) is 14.7 Å². The fourth-order valence-electron chi connectivity index (χ4n) is 4.09. The maximum Gasteiger partial charge on any atom is 0.245 e. The van der Waals surface area contributed by atoms with Crippen LogP contribution in [0.3, 0.4) is 0 Å². The Morgan fingerprint density at radius 1 is 1.21 bits per heavy atom. The van der Waals surface area contributed by atoms with Gasteiger partial charge >= 0.3 is 0 Å². The fourth-order valence-corrected chi connectivity index (χ4v) is 4.09. The lowest BCUT2D eigenvalue weighted by Crippen LogP contribution is -2.60. The first kappa shape index (κ1) is 20.3. The third kappa shape index (κ3) is 4.51. The molecule has 152 valence electrons. The lowest BCUT2D eigenvalue weighted by Gasteiger charge is -2.40. The van der Waals surface area contributed by atoms with E-state index in [0.717, 1.165) is 25.7 Å². The van der Waals surface area contributed by atoms with Crippen LogP contribution in [0.1, 0.15) is 44.6 Å². The van der Waals surface area contributed by atoms with Crippen LogP contribution < -0.4 is 0 Å². The van der Waals surface area contributed by atoms with Gasteiger partial charge in [-0.2, -0.15) is 0 Å². The van der Waals surface area contributed by atoms with E-state index < -0.39 is 6.04 Å². The van der Waals surface area contributed by atoms with Crippen LogP contribution in [0.5, 0.6) is 0 Å². The Bertz CT molecular complexity index is 748. The second-order valence-corrected chi connectivity index (χ2v) is 7.82. The number of benzene rings is 1. The van der Waals surface area contributed by atoms with Crippen molar-refractivity contribution in [2.45, 2.75) is 57.7 Å². The van der Waals surface area contributed by atoms with Gasteiger partial charge in [0.05, 0.1) is 0 Å². The Kier molecular flexibility index (Phi) is 6.31. The number of piperazine rings is 1. The molecule has 0 N–H and O–H groups in total. The molecule has 7 heteroatoms. The molecule has 28 heavy (non-hydrogen) atoms. The Hall–Kier alpha value is -2.44. The predicted molar refractivity (Wildman–Crippen MR) is 103 cm³/mol. The summed E-state index contributed by atoms with van der Waals surface area (Å²) in [5.41, 5.74) is 0.634. The Morgan fingerprint density at radius 3 is 2.61 bits per heavy atom. The molecule has 2 fully saturated rings. The standard InChI is InChI=1S/C21H28FN3O3/c1-15-21(28)24(12-16-7-6-8-17(22)11-16)13-20(27)25(15)14-19(26)23(2)18-9-4-3-5-10-18/h6-8,11,15,18H,3-5,9-10,12-14H2,1-2H3/t15-/m0/s1. The van der Waals surface area contributed by atoms with Crippen LogP contribution in [0.2, 0.25) is 0 Å². The maximum atomic E-state index is 13.4. The SMILES string of the molecule is C[C@H]1C(=O)N(Cc2cccc(F)c2)CC(=O)N1CC(=O)N(C)C1CCCCC1. The van der Waals surface area contributed by atoms with Gasteiger partial charge in [0.2, 0.25) is 17.7 Å². The zero-order chi connectivity index (χ0) is 20.3. The van der Waals surface area contributed by atoms with E-state index in [4.69, 9.17) is 0 Å². The molecule has 6 nitrogen and oxygen atoms in total. The lowest BCUT2D eigenvalue weighted by atomic mass is 9.94. The summed E-state index contributed by atoms with van der Waals surface area (Å²) in [5.74, 6) is -0.983. The maximum absolute atomic E-state index is 13.4. The highest BCUT2D eigenvalue weighted by Gasteiger charge is 2.38. The summed E-state index contributed by atoms with van der Waals surface area (Å²) in [6.07, 6.45) is 5.43. The second kappa shape index (κ2) is 8.71.